The molecule has 0 bridgehead atoms. The third-order valence-corrected chi connectivity index (χ3v) is 7.73. The number of hydrogen-bond acceptors (Lipinski definition) is 5. The SMILES string of the molecule is Cc1c(S(=O)(=O)N2CCC[C@H](C(=O)N[C@@H](C)CN(C(C)C)C(C)C)C2)cnn1C. The Morgan fingerprint density at radius 2 is 1.90 bits per heavy atom. The summed E-state index contributed by atoms with van der Waals surface area (Å²) in [6.07, 6.45) is 2.77. The summed E-state index contributed by atoms with van der Waals surface area (Å²) in [7, 11) is -1.92. The number of nitrogens with one attached hydrogen (secondary N) is 1. The number of aromatic nitrogens is 2. The molecule has 166 valence electrons. The molecule has 0 aliphatic carbocycles. The van der Waals surface area contributed by atoms with Crippen LogP contribution in [0, 0.1) is 12.8 Å². The van der Waals surface area contributed by atoms with Crippen LogP contribution in [0.4, 0.5) is 0 Å². The van der Waals surface area contributed by atoms with Crippen LogP contribution in [0.5, 0.6) is 0 Å². The Morgan fingerprint density at radius 1 is 1.28 bits per heavy atom. The Kier molecular flexibility index (Phi) is 7.86. The van der Waals surface area contributed by atoms with Crippen LogP contribution in [0.15, 0.2) is 11.1 Å². The van der Waals surface area contributed by atoms with Gasteiger partial charge in [-0.2, -0.15) is 9.40 Å². The number of hydrogen-bond donors (Lipinski definition) is 1. The molecule has 1 aliphatic heterocycles. The largest absolute Gasteiger partial charge is 0.352 e. The number of carbonyl (C=O) groups is 1. The summed E-state index contributed by atoms with van der Waals surface area (Å²) in [6.45, 7) is 13.8. The topological polar surface area (TPSA) is 87.5 Å². The second-order valence-corrected chi connectivity index (χ2v) is 10.6. The minimum Gasteiger partial charge on any atom is -0.352 e. The lowest BCUT2D eigenvalue weighted by Crippen LogP contribution is -2.51. The number of rotatable bonds is 8. The van der Waals surface area contributed by atoms with Gasteiger partial charge in [0.05, 0.1) is 17.8 Å². The predicted octanol–water partition coefficient (Wildman–Crippen LogP) is 1.75. The first-order chi connectivity index (χ1) is 13.4. The number of nitrogens with zero attached hydrogens (tertiary/aromatic N) is 4. The standard InChI is InChI=1S/C20H37N5O3S/c1-14(2)25(15(3)4)12-16(5)22-20(26)18-9-8-10-24(13-18)29(27,28)19-11-21-23(7)17(19)6/h11,14-16,18H,8-10,12-13H2,1-7H3,(H,22,26)/t16-,18-/m0/s1. The van der Waals surface area contributed by atoms with Crippen LogP contribution < -0.4 is 5.32 Å². The second-order valence-electron chi connectivity index (χ2n) is 8.71. The van der Waals surface area contributed by atoms with Gasteiger partial charge in [-0.05, 0) is 54.4 Å². The first-order valence-electron chi connectivity index (χ1n) is 10.5. The van der Waals surface area contributed by atoms with Crippen LogP contribution in [0.3, 0.4) is 0 Å². The normalized spacial score (nSPS) is 19.9. The van der Waals surface area contributed by atoms with Crippen molar-refractivity contribution < 1.29 is 13.2 Å². The average Bonchev–Trinajstić information content (AvgIpc) is 2.98. The van der Waals surface area contributed by atoms with Gasteiger partial charge in [0.25, 0.3) is 0 Å². The van der Waals surface area contributed by atoms with E-state index in [0.29, 0.717) is 37.2 Å². The summed E-state index contributed by atoms with van der Waals surface area (Å²) in [4.78, 5) is 15.4. The molecule has 0 unspecified atom stereocenters. The van der Waals surface area contributed by atoms with E-state index < -0.39 is 10.0 Å². The highest BCUT2D eigenvalue weighted by molar-refractivity contribution is 7.89. The van der Waals surface area contributed by atoms with Gasteiger partial charge in [0.1, 0.15) is 4.90 Å². The zero-order valence-electron chi connectivity index (χ0n) is 18.8. The summed E-state index contributed by atoms with van der Waals surface area (Å²) in [6, 6.07) is 0.791. The molecule has 2 atom stereocenters. The summed E-state index contributed by atoms with van der Waals surface area (Å²) < 4.78 is 29.1. The number of sulfonamides is 1. The molecule has 2 rings (SSSR count). The highest BCUT2D eigenvalue weighted by Crippen LogP contribution is 2.25. The first kappa shape index (κ1) is 23.8. The molecular weight excluding hydrogens is 390 g/mol. The molecular formula is C20H37N5O3S. The number of amides is 1. The van der Waals surface area contributed by atoms with E-state index in [2.05, 4.69) is 43.0 Å². The predicted molar refractivity (Wildman–Crippen MR) is 114 cm³/mol. The van der Waals surface area contributed by atoms with E-state index in [1.807, 2.05) is 6.92 Å². The maximum Gasteiger partial charge on any atom is 0.246 e. The Bertz CT molecular complexity index is 795. The van der Waals surface area contributed by atoms with E-state index >= 15 is 0 Å². The Labute approximate surface area is 175 Å². The maximum atomic E-state index is 13.0. The highest BCUT2D eigenvalue weighted by Gasteiger charge is 2.35. The average molecular weight is 428 g/mol. The zero-order chi connectivity index (χ0) is 21.9. The molecule has 0 aromatic carbocycles. The second kappa shape index (κ2) is 9.57. The van der Waals surface area contributed by atoms with Crippen LogP contribution in [-0.4, -0.2) is 71.1 Å². The number of aryl methyl sites for hydroxylation is 1. The van der Waals surface area contributed by atoms with Crippen molar-refractivity contribution in [2.45, 2.75) is 77.4 Å². The molecule has 9 heteroatoms. The molecule has 1 fully saturated rings. The molecule has 1 aliphatic rings. The monoisotopic (exact) mass is 427 g/mol. The highest BCUT2D eigenvalue weighted by atomic mass is 32.2. The van der Waals surface area contributed by atoms with Gasteiger partial charge in [-0.3, -0.25) is 14.4 Å². The molecule has 8 nitrogen and oxygen atoms in total. The van der Waals surface area contributed by atoms with Gasteiger partial charge < -0.3 is 5.32 Å². The molecule has 1 N–H and O–H groups in total. The van der Waals surface area contributed by atoms with Crippen LogP contribution in [-0.2, 0) is 21.9 Å². The van der Waals surface area contributed by atoms with E-state index in [-0.39, 0.29) is 29.3 Å². The van der Waals surface area contributed by atoms with Crippen LogP contribution in [0.2, 0.25) is 0 Å². The first-order valence-corrected chi connectivity index (χ1v) is 11.9. The van der Waals surface area contributed by atoms with Crippen LogP contribution in [0.25, 0.3) is 0 Å². The quantitative estimate of drug-likeness (QED) is 0.683. The van der Waals surface area contributed by atoms with Crippen molar-refractivity contribution >= 4 is 15.9 Å². The van der Waals surface area contributed by atoms with E-state index in [0.717, 1.165) is 6.54 Å². The summed E-state index contributed by atoms with van der Waals surface area (Å²) >= 11 is 0. The fourth-order valence-corrected chi connectivity index (χ4v) is 5.70. The molecule has 0 saturated carbocycles. The summed E-state index contributed by atoms with van der Waals surface area (Å²) in [5.74, 6) is -0.391. The zero-order valence-corrected chi connectivity index (χ0v) is 19.7. The Hall–Kier alpha value is -1.45. The molecule has 0 spiro atoms. The lowest BCUT2D eigenvalue weighted by molar-refractivity contribution is -0.126. The summed E-state index contributed by atoms with van der Waals surface area (Å²) in [5, 5.41) is 7.15. The van der Waals surface area contributed by atoms with Crippen molar-refractivity contribution in [1.82, 2.24) is 24.3 Å². The lowest BCUT2D eigenvalue weighted by Gasteiger charge is -2.35. The van der Waals surface area contributed by atoms with Crippen molar-refractivity contribution in [3.05, 3.63) is 11.9 Å². The fourth-order valence-electron chi connectivity index (χ4n) is 3.99. The molecule has 1 amide bonds. The van der Waals surface area contributed by atoms with Gasteiger partial charge >= 0.3 is 0 Å². The molecule has 0 radical (unpaired) electrons. The van der Waals surface area contributed by atoms with Gasteiger partial charge in [-0.1, -0.05) is 0 Å². The van der Waals surface area contributed by atoms with E-state index in [9.17, 15) is 13.2 Å². The van der Waals surface area contributed by atoms with E-state index in [1.54, 1.807) is 18.7 Å². The molecule has 1 aromatic heterocycles. The van der Waals surface area contributed by atoms with Crippen LogP contribution >= 0.6 is 0 Å². The van der Waals surface area contributed by atoms with Crippen molar-refractivity contribution in [1.29, 1.82) is 0 Å². The van der Waals surface area contributed by atoms with Crippen molar-refractivity contribution in [2.75, 3.05) is 19.6 Å². The van der Waals surface area contributed by atoms with Crippen molar-refractivity contribution in [3.8, 4) is 0 Å². The molecule has 29 heavy (non-hydrogen) atoms. The fraction of sp³-hybridized carbons (Fsp3) is 0.800. The van der Waals surface area contributed by atoms with Gasteiger partial charge in [-0.25, -0.2) is 8.42 Å². The lowest BCUT2D eigenvalue weighted by atomic mass is 9.98. The van der Waals surface area contributed by atoms with Gasteiger partial charge in [0, 0.05) is 44.8 Å². The summed E-state index contributed by atoms with van der Waals surface area (Å²) in [5.41, 5.74) is 0.604. The van der Waals surface area contributed by atoms with Crippen molar-refractivity contribution in [3.63, 3.8) is 0 Å². The van der Waals surface area contributed by atoms with Gasteiger partial charge in [-0.15, -0.1) is 0 Å². The number of piperidine rings is 1. The van der Waals surface area contributed by atoms with Crippen molar-refractivity contribution in [2.24, 2.45) is 13.0 Å². The third kappa shape index (κ3) is 5.58. The number of carbonyl (C=O) groups excluding carboxylic acids is 1. The smallest absolute Gasteiger partial charge is 0.246 e. The Morgan fingerprint density at radius 3 is 2.41 bits per heavy atom. The van der Waals surface area contributed by atoms with Gasteiger partial charge in [0.15, 0.2) is 0 Å². The molecule has 2 heterocycles. The maximum absolute atomic E-state index is 13.0. The molecule has 1 aromatic rings. The Balaban J connectivity index is 2.03. The minimum atomic E-state index is -3.65. The molecule has 1 saturated heterocycles. The van der Waals surface area contributed by atoms with Crippen LogP contribution in [0.1, 0.15) is 53.2 Å². The van der Waals surface area contributed by atoms with E-state index in [4.69, 9.17) is 0 Å². The van der Waals surface area contributed by atoms with Gasteiger partial charge in [0.2, 0.25) is 15.9 Å². The minimum absolute atomic E-state index is 0.000138. The van der Waals surface area contributed by atoms with E-state index in [1.165, 1.54) is 10.5 Å². The third-order valence-electron chi connectivity index (χ3n) is 5.76.